The number of halogens is 1. The van der Waals surface area contributed by atoms with Crippen LogP contribution < -0.4 is 21.9 Å². The van der Waals surface area contributed by atoms with Crippen molar-refractivity contribution in [2.75, 3.05) is 11.1 Å². The van der Waals surface area contributed by atoms with Gasteiger partial charge < -0.3 is 11.1 Å². The molecule has 0 aliphatic carbocycles. The number of nitrogens with two attached hydrogens (primary N) is 1. The zero-order chi connectivity index (χ0) is 14.0. The van der Waals surface area contributed by atoms with Gasteiger partial charge in [0.25, 0.3) is 0 Å². The third-order valence-electron chi connectivity index (χ3n) is 3.48. The lowest BCUT2D eigenvalue weighted by molar-refractivity contribution is -0.117. The normalized spacial score (nSPS) is 22.1. The molecule has 0 spiro atoms. The van der Waals surface area contributed by atoms with E-state index in [0.29, 0.717) is 11.4 Å². The van der Waals surface area contributed by atoms with Gasteiger partial charge in [0.2, 0.25) is 5.91 Å². The highest BCUT2D eigenvalue weighted by molar-refractivity contribution is 5.97. The first-order chi connectivity index (χ1) is 8.88. The smallest absolute Gasteiger partial charge is 0.242 e. The second-order valence-electron chi connectivity index (χ2n) is 6.07. The van der Waals surface area contributed by atoms with Crippen molar-refractivity contribution >= 4 is 29.7 Å². The molecular weight excluding hydrogens is 276 g/mol. The zero-order valence-corrected chi connectivity index (χ0v) is 12.9. The average molecular weight is 299 g/mol. The summed E-state index contributed by atoms with van der Waals surface area (Å²) >= 11 is 0. The van der Waals surface area contributed by atoms with E-state index in [1.165, 1.54) is 0 Å². The van der Waals surface area contributed by atoms with Crippen LogP contribution in [0.3, 0.4) is 0 Å². The second-order valence-corrected chi connectivity index (χ2v) is 6.07. The standard InChI is InChI=1S/C14H22N4O.ClH/c1-14(2,3)12-8-11(17-18-12)13(19)16-10-7-5-4-6-9(10)15;/h4-7,11-12,17-18H,8,15H2,1-3H3,(H,16,19);1H. The number of hydrazine groups is 1. The highest BCUT2D eigenvalue weighted by atomic mass is 35.5. The molecule has 1 aliphatic rings. The molecule has 1 heterocycles. The van der Waals surface area contributed by atoms with Crippen LogP contribution in [0.25, 0.3) is 0 Å². The third kappa shape index (κ3) is 3.85. The van der Waals surface area contributed by atoms with Crippen LogP contribution in [-0.4, -0.2) is 18.0 Å². The molecule has 1 aliphatic heterocycles. The number of benzene rings is 1. The molecule has 5 N–H and O–H groups in total. The maximum absolute atomic E-state index is 12.2. The lowest BCUT2D eigenvalue weighted by Gasteiger charge is -2.25. The highest BCUT2D eigenvalue weighted by Gasteiger charge is 2.35. The number of anilines is 2. The summed E-state index contributed by atoms with van der Waals surface area (Å²) < 4.78 is 0. The average Bonchev–Trinajstić information content (AvgIpc) is 2.81. The molecule has 2 rings (SSSR count). The molecule has 2 atom stereocenters. The number of amides is 1. The number of carbonyl (C=O) groups excluding carboxylic acids is 1. The maximum Gasteiger partial charge on any atom is 0.242 e. The molecule has 6 heteroatoms. The van der Waals surface area contributed by atoms with Crippen LogP contribution >= 0.6 is 12.4 Å². The van der Waals surface area contributed by atoms with E-state index in [1.54, 1.807) is 12.1 Å². The van der Waals surface area contributed by atoms with Gasteiger partial charge in [0, 0.05) is 6.04 Å². The molecule has 0 saturated carbocycles. The summed E-state index contributed by atoms with van der Waals surface area (Å²) in [6.07, 6.45) is 0.766. The zero-order valence-electron chi connectivity index (χ0n) is 12.1. The SMILES string of the molecule is CC(C)(C)C1CC(C(=O)Nc2ccccc2N)NN1.Cl. The number of rotatable bonds is 2. The fraction of sp³-hybridized carbons (Fsp3) is 0.500. The summed E-state index contributed by atoms with van der Waals surface area (Å²) in [6, 6.07) is 7.31. The largest absolute Gasteiger partial charge is 0.397 e. The van der Waals surface area contributed by atoms with Gasteiger partial charge in [-0.2, -0.15) is 0 Å². The fourth-order valence-corrected chi connectivity index (χ4v) is 2.13. The van der Waals surface area contributed by atoms with Crippen LogP contribution in [0.4, 0.5) is 11.4 Å². The van der Waals surface area contributed by atoms with Crippen molar-refractivity contribution in [2.24, 2.45) is 5.41 Å². The van der Waals surface area contributed by atoms with Crippen LogP contribution in [0.15, 0.2) is 24.3 Å². The Kier molecular flexibility index (Phi) is 5.39. The quantitative estimate of drug-likeness (QED) is 0.629. The van der Waals surface area contributed by atoms with Gasteiger partial charge in [0.1, 0.15) is 6.04 Å². The van der Waals surface area contributed by atoms with Crippen LogP contribution in [0.1, 0.15) is 27.2 Å². The Hall–Kier alpha value is -1.30. The molecule has 1 aromatic rings. The predicted octanol–water partition coefficient (Wildman–Crippen LogP) is 1.91. The van der Waals surface area contributed by atoms with Gasteiger partial charge in [-0.3, -0.25) is 10.2 Å². The maximum atomic E-state index is 12.2. The molecule has 0 bridgehead atoms. The Labute approximate surface area is 126 Å². The Morgan fingerprint density at radius 3 is 2.50 bits per heavy atom. The van der Waals surface area contributed by atoms with Gasteiger partial charge in [-0.1, -0.05) is 32.9 Å². The summed E-state index contributed by atoms with van der Waals surface area (Å²) in [5, 5.41) is 2.86. The van der Waals surface area contributed by atoms with Crippen molar-refractivity contribution < 1.29 is 4.79 Å². The number of nitrogen functional groups attached to an aromatic ring is 1. The number of para-hydroxylation sites is 2. The molecular formula is C14H23ClN4O. The van der Waals surface area contributed by atoms with E-state index in [1.807, 2.05) is 12.1 Å². The third-order valence-corrected chi connectivity index (χ3v) is 3.48. The van der Waals surface area contributed by atoms with Gasteiger partial charge in [-0.05, 0) is 24.0 Å². The Balaban J connectivity index is 0.00000200. The molecule has 112 valence electrons. The van der Waals surface area contributed by atoms with Crippen molar-refractivity contribution in [3.8, 4) is 0 Å². The van der Waals surface area contributed by atoms with Crippen molar-refractivity contribution in [3.63, 3.8) is 0 Å². The summed E-state index contributed by atoms with van der Waals surface area (Å²) in [5.41, 5.74) is 13.4. The monoisotopic (exact) mass is 298 g/mol. The molecule has 5 nitrogen and oxygen atoms in total. The molecule has 0 aromatic heterocycles. The van der Waals surface area contributed by atoms with E-state index < -0.39 is 0 Å². The predicted molar refractivity (Wildman–Crippen MR) is 84.7 cm³/mol. The van der Waals surface area contributed by atoms with Crippen molar-refractivity contribution in [1.82, 2.24) is 10.9 Å². The number of hydrogen-bond donors (Lipinski definition) is 4. The topological polar surface area (TPSA) is 79.2 Å². The van der Waals surface area contributed by atoms with Gasteiger partial charge >= 0.3 is 0 Å². The lowest BCUT2D eigenvalue weighted by atomic mass is 9.84. The first-order valence-corrected chi connectivity index (χ1v) is 6.54. The molecule has 1 amide bonds. The second kappa shape index (κ2) is 6.43. The van der Waals surface area contributed by atoms with E-state index in [4.69, 9.17) is 5.73 Å². The van der Waals surface area contributed by atoms with Gasteiger partial charge in [-0.25, -0.2) is 5.43 Å². The number of carbonyl (C=O) groups is 1. The minimum absolute atomic E-state index is 0. The van der Waals surface area contributed by atoms with Crippen molar-refractivity contribution in [2.45, 2.75) is 39.3 Å². The molecule has 1 aromatic carbocycles. The van der Waals surface area contributed by atoms with Gasteiger partial charge in [0.05, 0.1) is 11.4 Å². The minimum atomic E-state index is -0.233. The molecule has 0 radical (unpaired) electrons. The van der Waals surface area contributed by atoms with Crippen molar-refractivity contribution in [3.05, 3.63) is 24.3 Å². The van der Waals surface area contributed by atoms with Crippen LogP contribution in [-0.2, 0) is 4.79 Å². The number of hydrogen-bond acceptors (Lipinski definition) is 4. The Morgan fingerprint density at radius 1 is 1.30 bits per heavy atom. The first kappa shape index (κ1) is 16.8. The summed E-state index contributed by atoms with van der Waals surface area (Å²) in [5.74, 6) is -0.0582. The molecule has 1 saturated heterocycles. The first-order valence-electron chi connectivity index (χ1n) is 6.54. The Morgan fingerprint density at radius 2 is 1.95 bits per heavy atom. The van der Waals surface area contributed by atoms with Crippen molar-refractivity contribution in [1.29, 1.82) is 0 Å². The van der Waals surface area contributed by atoms with Crippen LogP contribution in [0.5, 0.6) is 0 Å². The van der Waals surface area contributed by atoms with Crippen LogP contribution in [0.2, 0.25) is 0 Å². The van der Waals surface area contributed by atoms with E-state index in [0.717, 1.165) is 6.42 Å². The molecule has 20 heavy (non-hydrogen) atoms. The van der Waals surface area contributed by atoms with Crippen LogP contribution in [0, 0.1) is 5.41 Å². The number of nitrogens with one attached hydrogen (secondary N) is 3. The molecule has 1 fully saturated rings. The van der Waals surface area contributed by atoms with Gasteiger partial charge in [0.15, 0.2) is 0 Å². The van der Waals surface area contributed by atoms with E-state index in [9.17, 15) is 4.79 Å². The summed E-state index contributed by atoms with van der Waals surface area (Å²) in [7, 11) is 0. The van der Waals surface area contributed by atoms with E-state index >= 15 is 0 Å². The summed E-state index contributed by atoms with van der Waals surface area (Å²) in [4.78, 5) is 12.2. The highest BCUT2D eigenvalue weighted by Crippen LogP contribution is 2.26. The fourth-order valence-electron chi connectivity index (χ4n) is 2.13. The lowest BCUT2D eigenvalue weighted by Crippen LogP contribution is -2.42. The Bertz CT molecular complexity index is 472. The minimum Gasteiger partial charge on any atom is -0.397 e. The van der Waals surface area contributed by atoms with E-state index in [-0.39, 0.29) is 35.8 Å². The summed E-state index contributed by atoms with van der Waals surface area (Å²) in [6.45, 7) is 6.46. The van der Waals surface area contributed by atoms with Gasteiger partial charge in [-0.15, -0.1) is 12.4 Å². The molecule has 2 unspecified atom stereocenters. The van der Waals surface area contributed by atoms with E-state index in [2.05, 4.69) is 36.9 Å².